The van der Waals surface area contributed by atoms with Crippen LogP contribution < -0.4 is 5.73 Å². The van der Waals surface area contributed by atoms with Gasteiger partial charge in [-0.2, -0.15) is 0 Å². The van der Waals surface area contributed by atoms with E-state index in [-0.39, 0.29) is 0 Å². The average molecular weight is 306 g/mol. The van der Waals surface area contributed by atoms with Crippen molar-refractivity contribution in [3.63, 3.8) is 0 Å². The number of nitrogen functional groups attached to an aromatic ring is 1. The first-order valence-corrected chi connectivity index (χ1v) is 5.88. The van der Waals surface area contributed by atoms with Gasteiger partial charge in [-0.3, -0.25) is 4.98 Å². The van der Waals surface area contributed by atoms with Crippen LogP contribution in [0.15, 0.2) is 15.1 Å². The first kappa shape index (κ1) is 9.46. The Hall–Kier alpha value is -0.0900. The predicted octanol–water partition coefficient (Wildman–Crippen LogP) is 3.46. The van der Waals surface area contributed by atoms with Gasteiger partial charge in [0.05, 0.1) is 20.3 Å². The van der Waals surface area contributed by atoms with Crippen LogP contribution in [0, 0.1) is 0 Å². The summed E-state index contributed by atoms with van der Waals surface area (Å²) in [6.45, 7) is 0. The summed E-state index contributed by atoms with van der Waals surface area (Å²) in [7, 11) is 0. The van der Waals surface area contributed by atoms with Gasteiger partial charge in [-0.25, -0.2) is 0 Å². The Bertz CT molecular complexity index is 335. The third-order valence-corrected chi connectivity index (χ3v) is 3.99. The monoisotopic (exact) mass is 304 g/mol. The molecule has 2 nitrogen and oxygen atoms in total. The summed E-state index contributed by atoms with van der Waals surface area (Å²) in [5.74, 6) is 0.616. The highest BCUT2D eigenvalue weighted by molar-refractivity contribution is 9.11. The van der Waals surface area contributed by atoms with Crippen molar-refractivity contribution in [3.8, 4) is 0 Å². The minimum absolute atomic E-state index is 0.616. The highest BCUT2D eigenvalue weighted by atomic mass is 79.9. The molecule has 0 radical (unpaired) electrons. The van der Waals surface area contributed by atoms with E-state index in [2.05, 4.69) is 36.8 Å². The van der Waals surface area contributed by atoms with Crippen LogP contribution in [0.5, 0.6) is 0 Å². The van der Waals surface area contributed by atoms with Gasteiger partial charge in [0.15, 0.2) is 0 Å². The fourth-order valence-corrected chi connectivity index (χ4v) is 2.67. The summed E-state index contributed by atoms with van der Waals surface area (Å²) < 4.78 is 1.83. The quantitative estimate of drug-likeness (QED) is 0.863. The van der Waals surface area contributed by atoms with E-state index in [4.69, 9.17) is 5.73 Å². The zero-order chi connectivity index (χ0) is 9.42. The maximum absolute atomic E-state index is 5.87. The van der Waals surface area contributed by atoms with E-state index in [1.165, 1.54) is 19.3 Å². The number of aromatic nitrogens is 1. The molecule has 1 aliphatic carbocycles. The molecule has 0 amide bonds. The van der Waals surface area contributed by atoms with E-state index in [1.54, 1.807) is 6.20 Å². The van der Waals surface area contributed by atoms with Crippen LogP contribution in [0.4, 0.5) is 5.69 Å². The largest absolute Gasteiger partial charge is 0.397 e. The van der Waals surface area contributed by atoms with Crippen LogP contribution >= 0.6 is 31.9 Å². The predicted molar refractivity (Wildman–Crippen MR) is 60.6 cm³/mol. The van der Waals surface area contributed by atoms with Crippen LogP contribution in [0.25, 0.3) is 0 Å². The van der Waals surface area contributed by atoms with Crippen molar-refractivity contribution in [2.24, 2.45) is 0 Å². The van der Waals surface area contributed by atoms with Crippen LogP contribution in [0.1, 0.15) is 30.9 Å². The molecule has 0 unspecified atom stereocenters. The molecule has 0 saturated heterocycles. The van der Waals surface area contributed by atoms with E-state index < -0.39 is 0 Å². The molecule has 0 spiro atoms. The normalized spacial score (nSPS) is 17.1. The maximum Gasteiger partial charge on any atom is 0.0637 e. The van der Waals surface area contributed by atoms with Crippen molar-refractivity contribution in [2.75, 3.05) is 5.73 Å². The standard InChI is InChI=1S/C9H10Br2N2/c10-6-4-13-9(5-2-1-3-5)7(11)8(6)12/h4-5H,1-3H2,(H2,12,13). The third-order valence-electron chi connectivity index (χ3n) is 2.53. The summed E-state index contributed by atoms with van der Waals surface area (Å²) in [5, 5.41) is 0. The molecule has 4 heteroatoms. The first-order chi connectivity index (χ1) is 6.20. The number of anilines is 1. The third kappa shape index (κ3) is 1.62. The Morgan fingerprint density at radius 3 is 2.62 bits per heavy atom. The second-order valence-corrected chi connectivity index (χ2v) is 4.99. The molecule has 70 valence electrons. The second-order valence-electron chi connectivity index (χ2n) is 3.35. The zero-order valence-electron chi connectivity index (χ0n) is 7.06. The van der Waals surface area contributed by atoms with Crippen molar-refractivity contribution in [1.29, 1.82) is 0 Å². The smallest absolute Gasteiger partial charge is 0.0637 e. The average Bonchev–Trinajstić information content (AvgIpc) is 2.03. The summed E-state index contributed by atoms with van der Waals surface area (Å²) >= 11 is 6.84. The fraction of sp³-hybridized carbons (Fsp3) is 0.444. The number of hydrogen-bond donors (Lipinski definition) is 1. The first-order valence-electron chi connectivity index (χ1n) is 4.29. The number of halogens is 2. The van der Waals surface area contributed by atoms with E-state index >= 15 is 0 Å². The molecule has 2 rings (SSSR count). The Morgan fingerprint density at radius 1 is 1.38 bits per heavy atom. The Balaban J connectivity index is 2.41. The van der Waals surface area contributed by atoms with Gasteiger partial charge in [-0.15, -0.1) is 0 Å². The molecule has 13 heavy (non-hydrogen) atoms. The molecule has 1 aliphatic rings. The lowest BCUT2D eigenvalue weighted by Crippen LogP contribution is -2.12. The van der Waals surface area contributed by atoms with Crippen molar-refractivity contribution in [1.82, 2.24) is 4.98 Å². The molecule has 1 saturated carbocycles. The van der Waals surface area contributed by atoms with Crippen molar-refractivity contribution in [2.45, 2.75) is 25.2 Å². The molecule has 1 aromatic rings. The van der Waals surface area contributed by atoms with Gasteiger partial charge < -0.3 is 5.73 Å². The molecule has 0 aromatic carbocycles. The molecule has 0 aliphatic heterocycles. The lowest BCUT2D eigenvalue weighted by molar-refractivity contribution is 0.410. The van der Waals surface area contributed by atoms with Crippen LogP contribution in [-0.4, -0.2) is 4.98 Å². The van der Waals surface area contributed by atoms with Crippen LogP contribution in [-0.2, 0) is 0 Å². The van der Waals surface area contributed by atoms with E-state index in [1.807, 2.05) is 0 Å². The maximum atomic E-state index is 5.87. The number of nitrogens with zero attached hydrogens (tertiary/aromatic N) is 1. The molecule has 1 heterocycles. The lowest BCUT2D eigenvalue weighted by Gasteiger charge is -2.26. The van der Waals surface area contributed by atoms with Gasteiger partial charge in [0.1, 0.15) is 0 Å². The van der Waals surface area contributed by atoms with Crippen molar-refractivity contribution < 1.29 is 0 Å². The molecule has 1 fully saturated rings. The summed E-state index contributed by atoms with van der Waals surface area (Å²) in [6.07, 6.45) is 5.59. The van der Waals surface area contributed by atoms with Gasteiger partial charge in [0, 0.05) is 12.1 Å². The van der Waals surface area contributed by atoms with E-state index in [9.17, 15) is 0 Å². The fourth-order valence-electron chi connectivity index (χ4n) is 1.46. The highest BCUT2D eigenvalue weighted by Crippen LogP contribution is 2.41. The summed E-state index contributed by atoms with van der Waals surface area (Å²) in [4.78, 5) is 4.39. The van der Waals surface area contributed by atoms with Crippen molar-refractivity contribution >= 4 is 37.5 Å². The van der Waals surface area contributed by atoms with E-state index in [0.29, 0.717) is 5.92 Å². The minimum Gasteiger partial charge on any atom is -0.397 e. The van der Waals surface area contributed by atoms with Gasteiger partial charge in [-0.05, 0) is 44.7 Å². The van der Waals surface area contributed by atoms with E-state index in [0.717, 1.165) is 20.3 Å². The van der Waals surface area contributed by atoms with Gasteiger partial charge in [0.25, 0.3) is 0 Å². The summed E-state index contributed by atoms with van der Waals surface area (Å²) in [5.41, 5.74) is 7.74. The molecule has 1 aromatic heterocycles. The minimum atomic E-state index is 0.616. The Morgan fingerprint density at radius 2 is 2.08 bits per heavy atom. The van der Waals surface area contributed by atoms with Crippen molar-refractivity contribution in [3.05, 3.63) is 20.8 Å². The Labute approximate surface area is 94.2 Å². The lowest BCUT2D eigenvalue weighted by atomic mass is 9.82. The number of rotatable bonds is 1. The molecule has 0 atom stereocenters. The second kappa shape index (κ2) is 3.58. The highest BCUT2D eigenvalue weighted by Gasteiger charge is 2.24. The zero-order valence-corrected chi connectivity index (χ0v) is 10.2. The van der Waals surface area contributed by atoms with Gasteiger partial charge >= 0.3 is 0 Å². The Kier molecular flexibility index (Phi) is 2.60. The topological polar surface area (TPSA) is 38.9 Å². The SMILES string of the molecule is Nc1c(Br)cnc(C2CCC2)c1Br. The summed E-state index contributed by atoms with van der Waals surface area (Å²) in [6, 6.07) is 0. The van der Waals surface area contributed by atoms with Crippen LogP contribution in [0.3, 0.4) is 0 Å². The number of pyridine rings is 1. The molecule has 0 bridgehead atoms. The number of hydrogen-bond acceptors (Lipinski definition) is 2. The molecule has 2 N–H and O–H groups in total. The van der Waals surface area contributed by atoms with Gasteiger partial charge in [-0.1, -0.05) is 6.42 Å². The molecular weight excluding hydrogens is 296 g/mol. The van der Waals surface area contributed by atoms with Gasteiger partial charge in [0.2, 0.25) is 0 Å². The number of nitrogens with two attached hydrogens (primary N) is 1. The molecular formula is C9H10Br2N2. The van der Waals surface area contributed by atoms with Crippen LogP contribution in [0.2, 0.25) is 0 Å².